The lowest BCUT2D eigenvalue weighted by Gasteiger charge is -2.29. The number of carbonyl (C=O) groups is 2. The molecule has 0 unspecified atom stereocenters. The second-order valence-electron chi connectivity index (χ2n) is 4.91. The highest BCUT2D eigenvalue weighted by molar-refractivity contribution is 5.95. The summed E-state index contributed by atoms with van der Waals surface area (Å²) in [5, 5.41) is 1.62. The first-order chi connectivity index (χ1) is 10.5. The van der Waals surface area contributed by atoms with Crippen LogP contribution in [0.15, 0.2) is 18.2 Å². The molecule has 0 radical (unpaired) electrons. The molecule has 2 rings (SSSR count). The third kappa shape index (κ3) is 3.93. The van der Waals surface area contributed by atoms with Crippen molar-refractivity contribution in [3.05, 3.63) is 29.3 Å². The summed E-state index contributed by atoms with van der Waals surface area (Å²) >= 11 is 0. The predicted octanol–water partition coefficient (Wildman–Crippen LogP) is 2.63. The smallest absolute Gasteiger partial charge is 0.330 e. The van der Waals surface area contributed by atoms with E-state index in [-0.39, 0.29) is 30.8 Å². The van der Waals surface area contributed by atoms with E-state index < -0.39 is 24.2 Å². The Morgan fingerprint density at radius 3 is 2.22 bits per heavy atom. The van der Waals surface area contributed by atoms with E-state index in [1.807, 2.05) is 0 Å². The van der Waals surface area contributed by atoms with Crippen molar-refractivity contribution in [2.75, 3.05) is 11.9 Å². The zero-order chi connectivity index (χ0) is 17.4. The molecule has 23 heavy (non-hydrogen) atoms. The first-order valence-corrected chi connectivity index (χ1v) is 6.34. The van der Waals surface area contributed by atoms with Crippen LogP contribution in [0.4, 0.5) is 32.0 Å². The molecule has 2 amide bonds. The minimum Gasteiger partial charge on any atom is -0.330 e. The number of benzene rings is 1. The van der Waals surface area contributed by atoms with Crippen LogP contribution in [0.25, 0.3) is 0 Å². The minimum absolute atomic E-state index is 0.139. The molecule has 0 saturated heterocycles. The van der Waals surface area contributed by atoms with Crippen molar-refractivity contribution in [3.63, 3.8) is 0 Å². The van der Waals surface area contributed by atoms with E-state index in [2.05, 4.69) is 0 Å². The fourth-order valence-electron chi connectivity index (χ4n) is 2.19. The van der Waals surface area contributed by atoms with Gasteiger partial charge in [0, 0.05) is 18.8 Å². The van der Waals surface area contributed by atoms with Crippen LogP contribution in [0.5, 0.6) is 0 Å². The number of alkyl halides is 6. The van der Waals surface area contributed by atoms with Gasteiger partial charge in [0.1, 0.15) is 0 Å². The molecule has 1 aromatic rings. The second-order valence-corrected chi connectivity index (χ2v) is 4.91. The predicted molar refractivity (Wildman–Crippen MR) is 66.3 cm³/mol. The largest absolute Gasteiger partial charge is 0.471 e. The van der Waals surface area contributed by atoms with Crippen LogP contribution in [0, 0.1) is 0 Å². The van der Waals surface area contributed by atoms with Gasteiger partial charge in [0.25, 0.3) is 0 Å². The van der Waals surface area contributed by atoms with Crippen LogP contribution < -0.4 is 5.32 Å². The number of halogens is 6. The van der Waals surface area contributed by atoms with Crippen molar-refractivity contribution in [2.24, 2.45) is 0 Å². The van der Waals surface area contributed by atoms with Gasteiger partial charge in [-0.3, -0.25) is 9.59 Å². The summed E-state index contributed by atoms with van der Waals surface area (Å²) in [5.74, 6) is -4.19. The lowest BCUT2D eigenvalue weighted by molar-refractivity contribution is -0.186. The number of hydrogen-bond acceptors (Lipinski definition) is 2. The van der Waals surface area contributed by atoms with Gasteiger partial charge in [-0.1, -0.05) is 6.07 Å². The SMILES string of the molecule is O=C(Nc1ccc2c(c1)CN(C(=O)C(F)(F)F)CC2)C(F)(F)F. The fourth-order valence-corrected chi connectivity index (χ4v) is 2.19. The lowest BCUT2D eigenvalue weighted by Crippen LogP contribution is -2.43. The summed E-state index contributed by atoms with van der Waals surface area (Å²) in [6.45, 7) is -0.525. The number of nitrogens with zero attached hydrogens (tertiary/aromatic N) is 1. The minimum atomic E-state index is -5.08. The highest BCUT2D eigenvalue weighted by atomic mass is 19.4. The van der Waals surface area contributed by atoms with Crippen molar-refractivity contribution in [1.29, 1.82) is 0 Å². The van der Waals surface area contributed by atoms with Crippen molar-refractivity contribution < 1.29 is 35.9 Å². The zero-order valence-corrected chi connectivity index (χ0v) is 11.4. The average Bonchev–Trinajstić information content (AvgIpc) is 2.43. The van der Waals surface area contributed by atoms with E-state index in [0.717, 1.165) is 6.07 Å². The first kappa shape index (κ1) is 17.1. The molecule has 0 bridgehead atoms. The van der Waals surface area contributed by atoms with Crippen LogP contribution in [0.3, 0.4) is 0 Å². The van der Waals surface area contributed by atoms with Gasteiger partial charge in [0.15, 0.2) is 0 Å². The molecule has 1 N–H and O–H groups in total. The van der Waals surface area contributed by atoms with Gasteiger partial charge in [-0.05, 0) is 29.7 Å². The third-order valence-corrected chi connectivity index (χ3v) is 3.26. The van der Waals surface area contributed by atoms with Gasteiger partial charge in [0.2, 0.25) is 0 Å². The van der Waals surface area contributed by atoms with Crippen molar-refractivity contribution in [2.45, 2.75) is 25.3 Å². The van der Waals surface area contributed by atoms with Crippen LogP contribution >= 0.6 is 0 Å². The number of amides is 2. The summed E-state index contributed by atoms with van der Waals surface area (Å²) in [5.41, 5.74) is 0.669. The highest BCUT2D eigenvalue weighted by Crippen LogP contribution is 2.27. The Balaban J connectivity index is 2.17. The Bertz CT molecular complexity index is 638. The summed E-state index contributed by atoms with van der Waals surface area (Å²) in [4.78, 5) is 22.6. The summed E-state index contributed by atoms with van der Waals surface area (Å²) in [6, 6.07) is 3.77. The number of fused-ring (bicyclic) bond motifs is 1. The molecule has 1 aliphatic rings. The molecule has 126 valence electrons. The van der Waals surface area contributed by atoms with Gasteiger partial charge in [-0.2, -0.15) is 26.3 Å². The van der Waals surface area contributed by atoms with Crippen LogP contribution in [0.1, 0.15) is 11.1 Å². The molecule has 0 spiro atoms. The van der Waals surface area contributed by atoms with Crippen molar-refractivity contribution >= 4 is 17.5 Å². The average molecular weight is 340 g/mol. The Labute approximate surface area is 126 Å². The van der Waals surface area contributed by atoms with E-state index in [9.17, 15) is 35.9 Å². The summed E-state index contributed by atoms with van der Waals surface area (Å²) < 4.78 is 73.8. The molecule has 0 fully saturated rings. The number of nitrogens with one attached hydrogen (secondary N) is 1. The maximum absolute atomic E-state index is 12.4. The van der Waals surface area contributed by atoms with E-state index in [4.69, 9.17) is 0 Å². The molecule has 1 aliphatic heterocycles. The van der Waals surface area contributed by atoms with Crippen molar-refractivity contribution in [3.8, 4) is 0 Å². The molecule has 1 heterocycles. The summed E-state index contributed by atoms with van der Waals surface area (Å²) in [7, 11) is 0. The summed E-state index contributed by atoms with van der Waals surface area (Å²) in [6.07, 6.45) is -9.95. The third-order valence-electron chi connectivity index (χ3n) is 3.26. The Kier molecular flexibility index (Phi) is 4.27. The zero-order valence-electron chi connectivity index (χ0n) is 11.4. The maximum atomic E-state index is 12.4. The van der Waals surface area contributed by atoms with Crippen LogP contribution in [0.2, 0.25) is 0 Å². The number of hydrogen-bond donors (Lipinski definition) is 1. The van der Waals surface area contributed by atoms with Gasteiger partial charge >= 0.3 is 24.2 Å². The fraction of sp³-hybridized carbons (Fsp3) is 0.385. The molecule has 4 nitrogen and oxygen atoms in total. The van der Waals surface area contributed by atoms with Gasteiger partial charge < -0.3 is 10.2 Å². The molecule has 0 saturated carbocycles. The Morgan fingerprint density at radius 2 is 1.65 bits per heavy atom. The normalized spacial score (nSPS) is 15.1. The maximum Gasteiger partial charge on any atom is 0.471 e. The van der Waals surface area contributed by atoms with E-state index in [0.29, 0.717) is 10.5 Å². The Hall–Kier alpha value is -2.26. The quantitative estimate of drug-likeness (QED) is 0.799. The van der Waals surface area contributed by atoms with E-state index >= 15 is 0 Å². The van der Waals surface area contributed by atoms with Crippen LogP contribution in [-0.2, 0) is 22.6 Å². The molecule has 0 aliphatic carbocycles. The standard InChI is InChI=1S/C13H10F6N2O2/c14-12(15,16)10(22)20-9-2-1-7-3-4-21(6-8(7)5-9)11(23)13(17,18)19/h1-2,5H,3-4,6H2,(H,20,22). The van der Waals surface area contributed by atoms with Crippen LogP contribution in [-0.4, -0.2) is 35.6 Å². The topological polar surface area (TPSA) is 49.4 Å². The number of anilines is 1. The molecule has 10 heteroatoms. The number of carbonyl (C=O) groups excluding carboxylic acids is 2. The molecule has 1 aromatic carbocycles. The van der Waals surface area contributed by atoms with E-state index in [1.54, 1.807) is 5.32 Å². The lowest BCUT2D eigenvalue weighted by atomic mass is 9.99. The molecular formula is C13H10F6N2O2. The molecule has 0 aromatic heterocycles. The highest BCUT2D eigenvalue weighted by Gasteiger charge is 2.43. The number of rotatable bonds is 1. The Morgan fingerprint density at radius 1 is 1.00 bits per heavy atom. The van der Waals surface area contributed by atoms with Gasteiger partial charge in [0.05, 0.1) is 0 Å². The first-order valence-electron chi connectivity index (χ1n) is 6.34. The molecule has 0 atom stereocenters. The van der Waals surface area contributed by atoms with Gasteiger partial charge in [-0.25, -0.2) is 0 Å². The second kappa shape index (κ2) is 5.74. The molecular weight excluding hydrogens is 330 g/mol. The van der Waals surface area contributed by atoms with Crippen molar-refractivity contribution in [1.82, 2.24) is 4.90 Å². The van der Waals surface area contributed by atoms with Gasteiger partial charge in [-0.15, -0.1) is 0 Å². The van der Waals surface area contributed by atoms with E-state index in [1.165, 1.54) is 12.1 Å². The monoisotopic (exact) mass is 340 g/mol.